The number of hydrazine groups is 1. The van der Waals surface area contributed by atoms with Gasteiger partial charge in [-0.3, -0.25) is 11.3 Å². The molecule has 0 bridgehead atoms. The van der Waals surface area contributed by atoms with Crippen LogP contribution in [0.1, 0.15) is 17.2 Å². The minimum atomic E-state index is -0.394. The van der Waals surface area contributed by atoms with Crippen molar-refractivity contribution in [3.63, 3.8) is 0 Å². The molecule has 1 atom stereocenters. The quantitative estimate of drug-likeness (QED) is 0.615. The van der Waals surface area contributed by atoms with E-state index in [1.54, 1.807) is 43.5 Å². The molecule has 0 radical (unpaired) electrons. The maximum atomic E-state index is 14.2. The first kappa shape index (κ1) is 16.2. The summed E-state index contributed by atoms with van der Waals surface area (Å²) >= 11 is 9.19. The van der Waals surface area contributed by atoms with Crippen molar-refractivity contribution in [2.75, 3.05) is 7.11 Å². The van der Waals surface area contributed by atoms with E-state index in [1.807, 2.05) is 0 Å². The Morgan fingerprint density at radius 3 is 2.81 bits per heavy atom. The maximum absolute atomic E-state index is 14.2. The van der Waals surface area contributed by atoms with Gasteiger partial charge in [0.2, 0.25) is 0 Å². The van der Waals surface area contributed by atoms with Crippen molar-refractivity contribution in [3.05, 3.63) is 62.8 Å². The molecule has 2 rings (SSSR count). The lowest BCUT2D eigenvalue weighted by molar-refractivity contribution is 0.404. The van der Waals surface area contributed by atoms with Crippen LogP contribution in [0.3, 0.4) is 0 Å². The van der Waals surface area contributed by atoms with Gasteiger partial charge in [-0.05, 0) is 52.2 Å². The molecule has 3 N–H and O–H groups in total. The van der Waals surface area contributed by atoms with Crippen LogP contribution in [0.25, 0.3) is 0 Å². The zero-order valence-electron chi connectivity index (χ0n) is 11.4. The van der Waals surface area contributed by atoms with E-state index in [9.17, 15) is 4.39 Å². The lowest BCUT2D eigenvalue weighted by Crippen LogP contribution is -2.30. The van der Waals surface area contributed by atoms with Crippen LogP contribution in [0.15, 0.2) is 40.9 Å². The van der Waals surface area contributed by atoms with Crippen LogP contribution in [0, 0.1) is 5.82 Å². The van der Waals surface area contributed by atoms with Gasteiger partial charge in [0.05, 0.1) is 17.6 Å². The van der Waals surface area contributed by atoms with Crippen LogP contribution in [-0.2, 0) is 6.42 Å². The lowest BCUT2D eigenvalue weighted by Gasteiger charge is -2.19. The molecule has 0 heterocycles. The minimum Gasteiger partial charge on any atom is -0.496 e. The van der Waals surface area contributed by atoms with Gasteiger partial charge < -0.3 is 4.74 Å². The second-order valence-electron chi connectivity index (χ2n) is 4.52. The zero-order chi connectivity index (χ0) is 15.4. The number of methoxy groups -OCH3 is 1. The van der Waals surface area contributed by atoms with Crippen LogP contribution in [0.5, 0.6) is 5.75 Å². The Kier molecular flexibility index (Phi) is 5.58. The van der Waals surface area contributed by atoms with Gasteiger partial charge in [-0.2, -0.15) is 0 Å². The van der Waals surface area contributed by atoms with Gasteiger partial charge >= 0.3 is 0 Å². The third kappa shape index (κ3) is 3.74. The van der Waals surface area contributed by atoms with Crippen LogP contribution in [-0.4, -0.2) is 7.11 Å². The zero-order valence-corrected chi connectivity index (χ0v) is 13.7. The Hall–Kier alpha value is -1.14. The number of nitrogens with two attached hydrogens (primary N) is 1. The van der Waals surface area contributed by atoms with Crippen molar-refractivity contribution in [2.24, 2.45) is 5.84 Å². The van der Waals surface area contributed by atoms with Crippen molar-refractivity contribution in [3.8, 4) is 5.75 Å². The standard InChI is InChI=1S/C15H15BrClFN2O/c1-21-14-6-5-10(17)7-9(14)8-13(20-19)11-3-2-4-12(16)15(11)18/h2-7,13,20H,8,19H2,1H3. The first-order valence-electron chi connectivity index (χ1n) is 6.29. The van der Waals surface area contributed by atoms with Gasteiger partial charge in [0.15, 0.2) is 0 Å². The van der Waals surface area contributed by atoms with E-state index in [0.29, 0.717) is 27.2 Å². The Morgan fingerprint density at radius 2 is 2.14 bits per heavy atom. The van der Waals surface area contributed by atoms with Gasteiger partial charge in [0, 0.05) is 10.6 Å². The monoisotopic (exact) mass is 372 g/mol. The van der Waals surface area contributed by atoms with E-state index >= 15 is 0 Å². The van der Waals surface area contributed by atoms with Crippen molar-refractivity contribution >= 4 is 27.5 Å². The van der Waals surface area contributed by atoms with Gasteiger partial charge in [-0.25, -0.2) is 4.39 Å². The molecule has 0 spiro atoms. The van der Waals surface area contributed by atoms with E-state index in [1.165, 1.54) is 0 Å². The molecule has 6 heteroatoms. The summed E-state index contributed by atoms with van der Waals surface area (Å²) in [6, 6.07) is 10.0. The van der Waals surface area contributed by atoms with Crippen molar-refractivity contribution in [2.45, 2.75) is 12.5 Å². The molecular formula is C15H15BrClFN2O. The van der Waals surface area contributed by atoms with Gasteiger partial charge in [0.25, 0.3) is 0 Å². The molecule has 2 aromatic carbocycles. The first-order valence-corrected chi connectivity index (χ1v) is 7.46. The predicted octanol–water partition coefficient (Wildman–Crippen LogP) is 4.00. The van der Waals surface area contributed by atoms with Crippen LogP contribution in [0.2, 0.25) is 5.02 Å². The maximum Gasteiger partial charge on any atom is 0.142 e. The summed E-state index contributed by atoms with van der Waals surface area (Å²) < 4.78 is 19.9. The van der Waals surface area contributed by atoms with Crippen molar-refractivity contribution in [1.82, 2.24) is 5.43 Å². The predicted molar refractivity (Wildman–Crippen MR) is 85.9 cm³/mol. The average Bonchev–Trinajstić information content (AvgIpc) is 2.48. The fourth-order valence-corrected chi connectivity index (χ4v) is 2.75. The first-order chi connectivity index (χ1) is 10.1. The fraction of sp³-hybridized carbons (Fsp3) is 0.200. The molecule has 0 aromatic heterocycles. The number of hydrogen-bond acceptors (Lipinski definition) is 3. The molecule has 0 amide bonds. The Bertz CT molecular complexity index is 639. The van der Waals surface area contributed by atoms with E-state index in [0.717, 1.165) is 5.56 Å². The van der Waals surface area contributed by atoms with Crippen LogP contribution < -0.4 is 16.0 Å². The number of rotatable bonds is 5. The second-order valence-corrected chi connectivity index (χ2v) is 5.81. The average molecular weight is 374 g/mol. The van der Waals surface area contributed by atoms with Crippen LogP contribution >= 0.6 is 27.5 Å². The topological polar surface area (TPSA) is 47.3 Å². The molecule has 0 saturated heterocycles. The highest BCUT2D eigenvalue weighted by molar-refractivity contribution is 9.10. The summed E-state index contributed by atoms with van der Waals surface area (Å²) in [6.07, 6.45) is 0.452. The minimum absolute atomic E-state index is 0.332. The Labute approximate surface area is 136 Å². The SMILES string of the molecule is COc1ccc(Cl)cc1CC(NN)c1cccc(Br)c1F. The molecule has 2 aromatic rings. The van der Waals surface area contributed by atoms with Gasteiger partial charge in [-0.1, -0.05) is 23.7 Å². The molecule has 1 unspecified atom stereocenters. The van der Waals surface area contributed by atoms with Crippen molar-refractivity contribution < 1.29 is 9.13 Å². The summed E-state index contributed by atoms with van der Waals surface area (Å²) in [4.78, 5) is 0. The number of hydrogen-bond donors (Lipinski definition) is 2. The molecule has 0 aliphatic carbocycles. The molecule has 112 valence electrons. The van der Waals surface area contributed by atoms with Crippen molar-refractivity contribution in [1.29, 1.82) is 0 Å². The Morgan fingerprint density at radius 1 is 1.38 bits per heavy atom. The summed E-state index contributed by atoms with van der Waals surface area (Å²) in [5, 5.41) is 0.594. The largest absolute Gasteiger partial charge is 0.496 e. The molecule has 0 aliphatic rings. The van der Waals surface area contributed by atoms with E-state index in [-0.39, 0.29) is 5.82 Å². The number of nitrogens with one attached hydrogen (secondary N) is 1. The number of ether oxygens (including phenoxy) is 1. The molecule has 3 nitrogen and oxygen atoms in total. The molecule has 0 saturated carbocycles. The number of halogens is 3. The second kappa shape index (κ2) is 7.22. The van der Waals surface area contributed by atoms with Gasteiger partial charge in [-0.15, -0.1) is 0 Å². The normalized spacial score (nSPS) is 12.2. The summed E-state index contributed by atoms with van der Waals surface area (Å²) in [5.74, 6) is 5.95. The highest BCUT2D eigenvalue weighted by Crippen LogP contribution is 2.30. The molecule has 21 heavy (non-hydrogen) atoms. The number of benzene rings is 2. The van der Waals surface area contributed by atoms with Gasteiger partial charge in [0.1, 0.15) is 11.6 Å². The van der Waals surface area contributed by atoms with Crippen LogP contribution in [0.4, 0.5) is 4.39 Å². The molecule has 0 fully saturated rings. The highest BCUT2D eigenvalue weighted by Gasteiger charge is 2.18. The highest BCUT2D eigenvalue weighted by atomic mass is 79.9. The smallest absolute Gasteiger partial charge is 0.142 e. The summed E-state index contributed by atoms with van der Waals surface area (Å²) in [7, 11) is 1.58. The van der Waals surface area contributed by atoms with E-state index in [2.05, 4.69) is 21.4 Å². The third-order valence-corrected chi connectivity index (χ3v) is 4.07. The lowest BCUT2D eigenvalue weighted by atomic mass is 9.98. The molecule has 0 aliphatic heterocycles. The van der Waals surface area contributed by atoms with E-state index < -0.39 is 6.04 Å². The summed E-state index contributed by atoms with van der Waals surface area (Å²) in [5.41, 5.74) is 3.98. The fourth-order valence-electron chi connectivity index (χ4n) is 2.17. The Balaban J connectivity index is 2.35. The summed E-state index contributed by atoms with van der Waals surface area (Å²) in [6.45, 7) is 0. The third-order valence-electron chi connectivity index (χ3n) is 3.22. The molecular weight excluding hydrogens is 359 g/mol. The van der Waals surface area contributed by atoms with E-state index in [4.69, 9.17) is 22.2 Å².